The van der Waals surface area contributed by atoms with Crippen LogP contribution in [0.3, 0.4) is 0 Å². The first kappa shape index (κ1) is 40.4. The van der Waals surface area contributed by atoms with Crippen LogP contribution in [0, 0.1) is 47.3 Å². The number of Topliss-reactive ketones (excluding diaryl/α,β-unsaturated/α-hetero) is 1. The Morgan fingerprint density at radius 1 is 1.00 bits per heavy atom. The number of hydrogen-bond donors (Lipinski definition) is 6. The first-order valence-corrected chi connectivity index (χ1v) is 18.9. The predicted molar refractivity (Wildman–Crippen MR) is 215 cm³/mol. The Labute approximate surface area is 326 Å². The zero-order valence-electron chi connectivity index (χ0n) is 32.9. The number of aliphatic hydroxyl groups excluding tert-OH is 4. The molecule has 10 atom stereocenters. The molecule has 2 unspecified atom stereocenters. The maximum atomic E-state index is 14.2. The smallest absolute Gasteiger partial charge is 0.251 e. The van der Waals surface area contributed by atoms with Crippen LogP contribution in [0.2, 0.25) is 0 Å². The first-order valence-electron chi connectivity index (χ1n) is 18.9. The molecule has 1 aliphatic heterocycles. The number of aromatic nitrogens is 2. The Balaban J connectivity index is 1.72. The highest BCUT2D eigenvalue weighted by Gasteiger charge is 2.45. The number of hydrazone groups is 1. The molecule has 6 N–H and O–H groups in total. The fourth-order valence-electron chi connectivity index (χ4n) is 8.26. The van der Waals surface area contributed by atoms with Crippen molar-refractivity contribution < 1.29 is 39.9 Å². The van der Waals surface area contributed by atoms with Gasteiger partial charge in [0.2, 0.25) is 5.78 Å². The molecule has 3 aromatic rings. The third-order valence-electron chi connectivity index (χ3n) is 11.6. The number of aliphatic hydroxyl groups is 4. The van der Waals surface area contributed by atoms with Gasteiger partial charge in [0.1, 0.15) is 28.1 Å². The van der Waals surface area contributed by atoms with Crippen molar-refractivity contribution >= 4 is 45.8 Å². The molecule has 3 heterocycles. The summed E-state index contributed by atoms with van der Waals surface area (Å²) in [6, 6.07) is 3.56. The normalized spacial score (nSPS) is 32.3. The number of phenolic OH excluding ortho intramolecular Hbond substituents is 1. The molecule has 56 heavy (non-hydrogen) atoms. The lowest BCUT2D eigenvalue weighted by Crippen LogP contribution is -2.48. The third-order valence-corrected chi connectivity index (χ3v) is 11.6. The second-order valence-corrected chi connectivity index (χ2v) is 15.5. The van der Waals surface area contributed by atoms with Crippen molar-refractivity contribution in [2.45, 2.75) is 65.5 Å². The molecular weight excluding hydrogens is 714 g/mol. The summed E-state index contributed by atoms with van der Waals surface area (Å²) in [5, 5.41) is 68.4. The number of imidazole rings is 1. The molecule has 2 aliphatic carbocycles. The SMILES string of the molecule is CO[C@H]1/C=C/CC(O)=C2c3c4c(O)c(c5c3nc3ccc(/C=N/N(C)C)cn35)NC(=O)/C(C)=C\C=C\[C@H](C)[C@H](O)[C@@H](C)[C@@H](O)[C@@H](C)[C@H](O)[C@H]1C(C)C2C#CC4=O. The number of benzene rings is 1. The number of anilines is 1. The van der Waals surface area contributed by atoms with Crippen molar-refractivity contribution in [2.75, 3.05) is 26.5 Å². The second kappa shape index (κ2) is 16.1. The lowest BCUT2D eigenvalue weighted by Gasteiger charge is -2.41. The molecule has 13 nitrogen and oxygen atoms in total. The van der Waals surface area contributed by atoms with Crippen LogP contribution in [0.15, 0.2) is 65.1 Å². The van der Waals surface area contributed by atoms with Crippen LogP contribution in [0.4, 0.5) is 5.69 Å². The zero-order chi connectivity index (χ0) is 40.7. The molecule has 6 rings (SSSR count). The number of nitrogens with zero attached hydrogens (tertiary/aromatic N) is 4. The van der Waals surface area contributed by atoms with E-state index in [-0.39, 0.29) is 51.2 Å². The molecule has 6 bridgehead atoms. The Morgan fingerprint density at radius 2 is 1.71 bits per heavy atom. The quantitative estimate of drug-likeness (QED) is 0.0538. The first-order chi connectivity index (χ1) is 26.6. The molecule has 13 heteroatoms. The number of ether oxygens (including phenoxy) is 1. The Kier molecular flexibility index (Phi) is 11.6. The number of fused-ring (bicyclic) bond motifs is 6. The zero-order valence-corrected chi connectivity index (χ0v) is 32.9. The highest BCUT2D eigenvalue weighted by Crippen LogP contribution is 2.49. The van der Waals surface area contributed by atoms with Gasteiger partial charge in [-0.05, 0) is 30.9 Å². The van der Waals surface area contributed by atoms with Crippen molar-refractivity contribution in [3.63, 3.8) is 0 Å². The number of carbonyl (C=O) groups is 2. The minimum atomic E-state index is -1.21. The van der Waals surface area contributed by atoms with Gasteiger partial charge in [0.25, 0.3) is 5.91 Å². The van der Waals surface area contributed by atoms with Gasteiger partial charge in [-0.3, -0.25) is 14.0 Å². The molecule has 296 valence electrons. The number of rotatable bonds is 3. The van der Waals surface area contributed by atoms with Crippen LogP contribution >= 0.6 is 0 Å². The van der Waals surface area contributed by atoms with Crippen LogP contribution in [-0.4, -0.2) is 103 Å². The monoisotopic (exact) mass is 765 g/mol. The molecule has 2 aromatic heterocycles. The topological polar surface area (TPSA) is 189 Å². The number of amides is 1. The summed E-state index contributed by atoms with van der Waals surface area (Å²) in [5.41, 5.74) is 1.88. The maximum absolute atomic E-state index is 14.2. The average molecular weight is 766 g/mol. The second-order valence-electron chi connectivity index (χ2n) is 15.5. The predicted octanol–water partition coefficient (Wildman–Crippen LogP) is 4.85. The number of pyridine rings is 1. The van der Waals surface area contributed by atoms with E-state index in [0.717, 1.165) is 0 Å². The summed E-state index contributed by atoms with van der Waals surface area (Å²) in [4.78, 5) is 33.1. The third kappa shape index (κ3) is 7.25. The minimum absolute atomic E-state index is 0.00785. The van der Waals surface area contributed by atoms with Gasteiger partial charge in [0.15, 0.2) is 5.75 Å². The maximum Gasteiger partial charge on any atom is 0.251 e. The van der Waals surface area contributed by atoms with Gasteiger partial charge in [-0.15, -0.1) is 0 Å². The van der Waals surface area contributed by atoms with Crippen LogP contribution < -0.4 is 5.32 Å². The molecule has 0 fully saturated rings. The van der Waals surface area contributed by atoms with E-state index in [0.29, 0.717) is 11.2 Å². The molecule has 0 spiro atoms. The Bertz CT molecular complexity index is 2270. The molecule has 1 amide bonds. The Hall–Kier alpha value is -5.26. The van der Waals surface area contributed by atoms with E-state index in [4.69, 9.17) is 9.72 Å². The highest BCUT2D eigenvalue weighted by atomic mass is 16.5. The number of nitrogens with one attached hydrogen (secondary N) is 1. The lowest BCUT2D eigenvalue weighted by molar-refractivity contribution is -0.112. The van der Waals surface area contributed by atoms with Gasteiger partial charge in [0.05, 0.1) is 42.1 Å². The molecular formula is C43H51N5O8. The van der Waals surface area contributed by atoms with Gasteiger partial charge in [-0.25, -0.2) is 4.98 Å². The van der Waals surface area contributed by atoms with Crippen molar-refractivity contribution in [1.29, 1.82) is 0 Å². The van der Waals surface area contributed by atoms with Gasteiger partial charge < -0.3 is 40.6 Å². The standard InChI is InChI=1S/C43H51N5O8/c1-21-11-9-12-22(2)43(55)46-37-38-36(45-31-18-15-26(20-48(31)38)19-44-47(6)7)35-33-27(16-17-29(50)34(35)42(37)54)23(3)32(30(56-8)14-10-13-28(33)49)41(53)25(5)40(52)24(4)39(21)51/h9-12,14-15,18-21,23-25,27,30,32,39-41,49,51-54H,13H2,1-8H3,(H,46,55)/b11-9+,14-10+,22-12-,33-28?,44-19+/t21-,23?,24+,25+,27?,30-,32-,39-,40+,41-/m0/s1. The largest absolute Gasteiger partial charge is 0.512 e. The summed E-state index contributed by atoms with van der Waals surface area (Å²) in [5.74, 6) is -0.428. The molecule has 0 saturated heterocycles. The van der Waals surface area contributed by atoms with Crippen LogP contribution in [-0.2, 0) is 9.53 Å². The Morgan fingerprint density at radius 3 is 2.41 bits per heavy atom. The van der Waals surface area contributed by atoms with Crippen molar-refractivity contribution in [2.24, 2.45) is 40.6 Å². The molecule has 3 aliphatic rings. The lowest BCUT2D eigenvalue weighted by atomic mass is 9.69. The number of phenols is 1. The summed E-state index contributed by atoms with van der Waals surface area (Å²) in [6.45, 7) is 8.67. The van der Waals surface area contributed by atoms with E-state index < -0.39 is 77.4 Å². The molecule has 0 radical (unpaired) electrons. The highest BCUT2D eigenvalue weighted by molar-refractivity contribution is 6.22. The molecule has 0 saturated carbocycles. The number of hydrogen-bond acceptors (Lipinski definition) is 11. The van der Waals surface area contributed by atoms with Gasteiger partial charge in [-0.1, -0.05) is 64.0 Å². The van der Waals surface area contributed by atoms with Gasteiger partial charge >= 0.3 is 0 Å². The van der Waals surface area contributed by atoms with Crippen molar-refractivity contribution in [3.05, 3.63) is 76.7 Å². The van der Waals surface area contributed by atoms with E-state index in [2.05, 4.69) is 22.3 Å². The fourth-order valence-corrected chi connectivity index (χ4v) is 8.26. The van der Waals surface area contributed by atoms with Crippen LogP contribution in [0.5, 0.6) is 5.75 Å². The van der Waals surface area contributed by atoms with E-state index >= 15 is 0 Å². The number of aromatic hydroxyl groups is 1. The van der Waals surface area contributed by atoms with Crippen LogP contribution in [0.1, 0.15) is 62.5 Å². The number of carbonyl (C=O) groups excluding carboxylic acids is 2. The van der Waals surface area contributed by atoms with E-state index in [1.807, 2.05) is 13.0 Å². The average Bonchev–Trinajstić information content (AvgIpc) is 3.48. The fraction of sp³-hybridized carbons (Fsp3) is 0.442. The van der Waals surface area contributed by atoms with Gasteiger partial charge in [-0.2, -0.15) is 5.10 Å². The summed E-state index contributed by atoms with van der Waals surface area (Å²) in [6.07, 6.45) is 7.69. The van der Waals surface area contributed by atoms with Crippen LogP contribution in [0.25, 0.3) is 22.3 Å². The van der Waals surface area contributed by atoms with Crippen molar-refractivity contribution in [3.8, 4) is 17.6 Å². The van der Waals surface area contributed by atoms with E-state index in [9.17, 15) is 35.1 Å². The number of allylic oxidation sites excluding steroid dienone is 4. The molecule has 1 aromatic carbocycles. The van der Waals surface area contributed by atoms with E-state index in [1.54, 1.807) is 100 Å². The minimum Gasteiger partial charge on any atom is -0.512 e. The number of ketones is 1. The summed E-state index contributed by atoms with van der Waals surface area (Å²) < 4.78 is 7.65. The van der Waals surface area contributed by atoms with E-state index in [1.165, 1.54) is 7.11 Å². The van der Waals surface area contributed by atoms with Gasteiger partial charge in [0, 0.05) is 79.8 Å². The van der Waals surface area contributed by atoms with Crippen molar-refractivity contribution in [1.82, 2.24) is 14.4 Å². The summed E-state index contributed by atoms with van der Waals surface area (Å²) >= 11 is 0. The number of methoxy groups -OCH3 is 1. The summed E-state index contributed by atoms with van der Waals surface area (Å²) in [7, 11) is 5.08.